The average Bonchev–Trinajstić information content (AvgIpc) is 3.57. The zero-order valence-electron chi connectivity index (χ0n) is 25.2. The van der Waals surface area contributed by atoms with Crippen molar-refractivity contribution in [3.05, 3.63) is 151 Å². The second-order valence-corrected chi connectivity index (χ2v) is 12.5. The van der Waals surface area contributed by atoms with Gasteiger partial charge in [-0.1, -0.05) is 124 Å². The number of pyridine rings is 1. The van der Waals surface area contributed by atoms with Crippen LogP contribution < -0.4 is 14.4 Å². The van der Waals surface area contributed by atoms with Crippen molar-refractivity contribution in [3.8, 4) is 22.3 Å². The van der Waals surface area contributed by atoms with Crippen LogP contribution in [0.1, 0.15) is 26.3 Å². The van der Waals surface area contributed by atoms with E-state index >= 15 is 0 Å². The molecule has 0 atom stereocenters. The average molecular weight is 569 g/mol. The van der Waals surface area contributed by atoms with Gasteiger partial charge in [0.1, 0.15) is 5.82 Å². The number of hydrogen-bond donors (Lipinski definition) is 0. The lowest BCUT2D eigenvalue weighted by Crippen LogP contribution is -2.52. The number of para-hydroxylation sites is 5. The molecule has 2 aliphatic heterocycles. The van der Waals surface area contributed by atoms with Gasteiger partial charge in [-0.2, -0.15) is 0 Å². The fourth-order valence-corrected chi connectivity index (χ4v) is 6.72. The van der Waals surface area contributed by atoms with Gasteiger partial charge in [-0.25, -0.2) is 4.98 Å². The fourth-order valence-electron chi connectivity index (χ4n) is 6.72. The topological polar surface area (TPSA) is 22.6 Å². The highest BCUT2D eigenvalue weighted by molar-refractivity contribution is 6.80. The molecular weight excluding hydrogens is 535 g/mol. The lowest BCUT2D eigenvalue weighted by molar-refractivity contribution is 0.589. The van der Waals surface area contributed by atoms with Crippen LogP contribution in [0.25, 0.3) is 22.3 Å². The van der Waals surface area contributed by atoms with Gasteiger partial charge in [-0.3, -0.25) is 0 Å². The Morgan fingerprint density at radius 1 is 0.500 bits per heavy atom. The van der Waals surface area contributed by atoms with Crippen LogP contribution in [0, 0.1) is 0 Å². The van der Waals surface area contributed by atoms with Gasteiger partial charge < -0.3 is 14.4 Å². The molecule has 212 valence electrons. The van der Waals surface area contributed by atoms with Gasteiger partial charge in [0.2, 0.25) is 0 Å². The summed E-state index contributed by atoms with van der Waals surface area (Å²) < 4.78 is 0. The highest BCUT2D eigenvalue weighted by Crippen LogP contribution is 2.57. The first-order valence-corrected chi connectivity index (χ1v) is 15.3. The van der Waals surface area contributed by atoms with Gasteiger partial charge in [-0.15, -0.1) is 0 Å². The number of benzene rings is 5. The van der Waals surface area contributed by atoms with E-state index in [2.05, 4.69) is 175 Å². The summed E-state index contributed by atoms with van der Waals surface area (Å²) in [5, 5.41) is 0. The molecule has 0 amide bonds. The van der Waals surface area contributed by atoms with E-state index in [1.54, 1.807) is 0 Å². The SMILES string of the molecule is CC(C)(C)c1ccnc(N2B3N(c4ccccc42)c2ccccc2N3c2c(-c3ccccc3)cccc2-c2ccccc2)c1. The van der Waals surface area contributed by atoms with Gasteiger partial charge in [0, 0.05) is 23.0 Å². The summed E-state index contributed by atoms with van der Waals surface area (Å²) in [6, 6.07) is 50.1. The molecule has 5 aromatic carbocycles. The van der Waals surface area contributed by atoms with Crippen molar-refractivity contribution in [2.75, 3.05) is 14.4 Å². The number of nitrogens with zero attached hydrogens (tertiary/aromatic N) is 4. The summed E-state index contributed by atoms with van der Waals surface area (Å²) in [6.07, 6.45) is 1.96. The lowest BCUT2D eigenvalue weighted by Gasteiger charge is -2.34. The highest BCUT2D eigenvalue weighted by Gasteiger charge is 2.54. The molecule has 3 heterocycles. The van der Waals surface area contributed by atoms with Gasteiger partial charge in [-0.05, 0) is 58.5 Å². The molecule has 1 aromatic heterocycles. The maximum absolute atomic E-state index is 5.02. The Kier molecular flexibility index (Phi) is 6.09. The van der Waals surface area contributed by atoms with Gasteiger partial charge in [0.15, 0.2) is 0 Å². The summed E-state index contributed by atoms with van der Waals surface area (Å²) in [5.74, 6) is 0.939. The number of hydrogen-bond acceptors (Lipinski definition) is 4. The van der Waals surface area contributed by atoms with Crippen molar-refractivity contribution in [3.63, 3.8) is 0 Å². The third-order valence-corrected chi connectivity index (χ3v) is 8.80. The minimum absolute atomic E-state index is 0.00463. The Bertz CT molecular complexity index is 1930. The van der Waals surface area contributed by atoms with E-state index in [1.807, 2.05) is 6.20 Å². The molecule has 8 rings (SSSR count). The van der Waals surface area contributed by atoms with Crippen LogP contribution in [0.5, 0.6) is 0 Å². The highest BCUT2D eigenvalue weighted by atomic mass is 15.5. The van der Waals surface area contributed by atoms with Gasteiger partial charge >= 0.3 is 7.12 Å². The summed E-state index contributed by atoms with van der Waals surface area (Å²) in [7, 11) is -0.195. The quantitative estimate of drug-likeness (QED) is 0.197. The zero-order valence-corrected chi connectivity index (χ0v) is 25.2. The Morgan fingerprint density at radius 3 is 1.50 bits per heavy atom. The molecular formula is C39H33BN4. The molecule has 0 saturated carbocycles. The molecule has 0 aliphatic carbocycles. The molecule has 0 unspecified atom stereocenters. The molecule has 0 N–H and O–H groups in total. The van der Waals surface area contributed by atoms with Crippen LogP contribution in [0.4, 0.5) is 34.3 Å². The molecule has 44 heavy (non-hydrogen) atoms. The molecule has 0 radical (unpaired) electrons. The van der Waals surface area contributed by atoms with E-state index in [1.165, 1.54) is 50.6 Å². The second-order valence-electron chi connectivity index (χ2n) is 12.5. The number of anilines is 6. The molecule has 0 bridgehead atoms. The van der Waals surface area contributed by atoms with Crippen LogP contribution in [-0.4, -0.2) is 12.1 Å². The predicted octanol–water partition coefficient (Wildman–Crippen LogP) is 10.1. The van der Waals surface area contributed by atoms with E-state index < -0.39 is 0 Å². The van der Waals surface area contributed by atoms with Crippen molar-refractivity contribution in [2.24, 2.45) is 0 Å². The van der Waals surface area contributed by atoms with E-state index in [0.29, 0.717) is 0 Å². The van der Waals surface area contributed by atoms with Crippen LogP contribution in [0.3, 0.4) is 0 Å². The molecule has 0 spiro atoms. The maximum Gasteiger partial charge on any atom is 0.520 e. The molecule has 0 saturated heterocycles. The third-order valence-electron chi connectivity index (χ3n) is 8.80. The Labute approximate surface area is 260 Å². The minimum Gasteiger partial charge on any atom is -0.342 e. The summed E-state index contributed by atoms with van der Waals surface area (Å²) in [6.45, 7) is 6.78. The molecule has 5 heteroatoms. The van der Waals surface area contributed by atoms with Crippen LogP contribution >= 0.6 is 0 Å². The Hall–Kier alpha value is -5.29. The third kappa shape index (κ3) is 4.11. The number of fused-ring (bicyclic) bond motifs is 5. The van der Waals surface area contributed by atoms with Crippen LogP contribution in [-0.2, 0) is 5.41 Å². The molecule has 6 aromatic rings. The van der Waals surface area contributed by atoms with Crippen molar-refractivity contribution < 1.29 is 0 Å². The standard InChI is InChI=1S/C39H33BN4/c1-39(2,3)30-25-26-41-37(27-30)43-35-23-12-10-21-33(35)42-34-22-11-13-24-36(34)44(40(42)43)38-31(28-15-6-4-7-16-28)19-14-20-32(38)29-17-8-5-9-18-29/h4-27H,1-3H3. The summed E-state index contributed by atoms with van der Waals surface area (Å²) >= 11 is 0. The van der Waals surface area contributed by atoms with Crippen molar-refractivity contribution in [1.82, 2.24) is 4.98 Å². The Morgan fingerprint density at radius 2 is 0.977 bits per heavy atom. The first-order valence-electron chi connectivity index (χ1n) is 15.3. The first kappa shape index (κ1) is 26.4. The largest absolute Gasteiger partial charge is 0.520 e. The van der Waals surface area contributed by atoms with E-state index in [4.69, 9.17) is 4.98 Å². The summed E-state index contributed by atoms with van der Waals surface area (Å²) in [4.78, 5) is 12.4. The predicted molar refractivity (Wildman–Crippen MR) is 185 cm³/mol. The number of aromatic nitrogens is 1. The zero-order chi connectivity index (χ0) is 29.8. The van der Waals surface area contributed by atoms with Crippen LogP contribution in [0.15, 0.2) is 146 Å². The second kappa shape index (κ2) is 10.2. The Balaban J connectivity index is 1.44. The normalized spacial score (nSPS) is 13.6. The number of rotatable bonds is 4. The lowest BCUT2D eigenvalue weighted by atomic mass is 9.83. The van der Waals surface area contributed by atoms with E-state index in [0.717, 1.165) is 11.5 Å². The van der Waals surface area contributed by atoms with Crippen LogP contribution in [0.2, 0.25) is 0 Å². The monoisotopic (exact) mass is 568 g/mol. The van der Waals surface area contributed by atoms with E-state index in [-0.39, 0.29) is 12.5 Å². The first-order chi connectivity index (χ1) is 21.5. The molecule has 2 aliphatic rings. The maximum atomic E-state index is 5.02. The fraction of sp³-hybridized carbons (Fsp3) is 0.103. The molecule has 0 fully saturated rings. The van der Waals surface area contributed by atoms with Gasteiger partial charge in [0.05, 0.1) is 22.7 Å². The van der Waals surface area contributed by atoms with E-state index in [9.17, 15) is 0 Å². The minimum atomic E-state index is -0.195. The van der Waals surface area contributed by atoms with Crippen molar-refractivity contribution >= 4 is 41.4 Å². The van der Waals surface area contributed by atoms with Gasteiger partial charge in [0.25, 0.3) is 0 Å². The van der Waals surface area contributed by atoms with Crippen molar-refractivity contribution in [2.45, 2.75) is 26.2 Å². The van der Waals surface area contributed by atoms with Crippen molar-refractivity contribution in [1.29, 1.82) is 0 Å². The smallest absolute Gasteiger partial charge is 0.342 e. The molecule has 4 nitrogen and oxygen atoms in total. The summed E-state index contributed by atoms with van der Waals surface area (Å²) in [5.41, 5.74) is 11.9.